The van der Waals surface area contributed by atoms with Crippen molar-refractivity contribution >= 4 is 11.8 Å². The predicted molar refractivity (Wildman–Crippen MR) is 74.1 cm³/mol. The van der Waals surface area contributed by atoms with Crippen molar-refractivity contribution in [2.45, 2.75) is 63.6 Å². The summed E-state index contributed by atoms with van der Waals surface area (Å²) in [4.78, 5) is 28.2. The summed E-state index contributed by atoms with van der Waals surface area (Å²) in [5, 5.41) is 0. The standard InChI is InChI=1S/C15H24N2O3/c1-11-14(18)17-8-4-7-13(17)15(19)16(11)9-10-20-12-5-2-3-6-12/h11-13H,2-10H2,1H3. The fourth-order valence-electron chi connectivity index (χ4n) is 3.72. The van der Waals surface area contributed by atoms with E-state index in [2.05, 4.69) is 0 Å². The normalized spacial score (nSPS) is 31.2. The minimum atomic E-state index is -0.330. The van der Waals surface area contributed by atoms with Crippen molar-refractivity contribution in [3.63, 3.8) is 0 Å². The first-order chi connectivity index (χ1) is 9.68. The molecule has 0 radical (unpaired) electrons. The first-order valence-electron chi connectivity index (χ1n) is 7.91. The second-order valence-electron chi connectivity index (χ2n) is 6.17. The van der Waals surface area contributed by atoms with Crippen LogP contribution >= 0.6 is 0 Å². The second kappa shape index (κ2) is 5.72. The van der Waals surface area contributed by atoms with E-state index in [1.165, 1.54) is 12.8 Å². The molecular formula is C15H24N2O3. The maximum absolute atomic E-state index is 12.5. The third kappa shape index (κ3) is 2.43. The van der Waals surface area contributed by atoms with E-state index in [1.807, 2.05) is 6.92 Å². The zero-order valence-corrected chi connectivity index (χ0v) is 12.2. The van der Waals surface area contributed by atoms with Crippen LogP contribution in [0.4, 0.5) is 0 Å². The van der Waals surface area contributed by atoms with Crippen LogP contribution in [0, 0.1) is 0 Å². The lowest BCUT2D eigenvalue weighted by Gasteiger charge is -2.41. The number of carbonyl (C=O) groups is 2. The number of nitrogens with zero attached hydrogens (tertiary/aromatic N) is 2. The minimum Gasteiger partial charge on any atom is -0.376 e. The number of hydrogen-bond acceptors (Lipinski definition) is 3. The molecule has 2 saturated heterocycles. The van der Waals surface area contributed by atoms with E-state index in [1.54, 1.807) is 9.80 Å². The molecule has 0 aromatic heterocycles. The van der Waals surface area contributed by atoms with Gasteiger partial charge in [-0.25, -0.2) is 0 Å². The molecule has 2 atom stereocenters. The average Bonchev–Trinajstić information content (AvgIpc) is 3.10. The molecule has 112 valence electrons. The summed E-state index contributed by atoms with van der Waals surface area (Å²) in [5.74, 6) is 0.220. The molecule has 1 saturated carbocycles. The van der Waals surface area contributed by atoms with Gasteiger partial charge in [0, 0.05) is 13.1 Å². The van der Waals surface area contributed by atoms with Crippen LogP contribution in [0.15, 0.2) is 0 Å². The van der Waals surface area contributed by atoms with Gasteiger partial charge in [-0.3, -0.25) is 9.59 Å². The van der Waals surface area contributed by atoms with Crippen LogP contribution in [0.1, 0.15) is 45.4 Å². The van der Waals surface area contributed by atoms with E-state index >= 15 is 0 Å². The van der Waals surface area contributed by atoms with Crippen molar-refractivity contribution in [2.24, 2.45) is 0 Å². The fraction of sp³-hybridized carbons (Fsp3) is 0.867. The summed E-state index contributed by atoms with van der Waals surface area (Å²) in [7, 11) is 0. The Bertz CT molecular complexity index is 393. The molecule has 0 spiro atoms. The molecule has 20 heavy (non-hydrogen) atoms. The topological polar surface area (TPSA) is 49.9 Å². The summed E-state index contributed by atoms with van der Waals surface area (Å²) in [6.07, 6.45) is 6.90. The van der Waals surface area contributed by atoms with Crippen molar-refractivity contribution in [1.82, 2.24) is 9.80 Å². The maximum Gasteiger partial charge on any atom is 0.246 e. The summed E-state index contributed by atoms with van der Waals surface area (Å²) in [6.45, 7) is 3.68. The van der Waals surface area contributed by atoms with Crippen LogP contribution in [0.25, 0.3) is 0 Å². The lowest BCUT2D eigenvalue weighted by molar-refractivity contribution is -0.159. The minimum absolute atomic E-state index is 0.105. The van der Waals surface area contributed by atoms with E-state index in [-0.39, 0.29) is 23.9 Å². The molecule has 5 heteroatoms. The van der Waals surface area contributed by atoms with Gasteiger partial charge in [0.2, 0.25) is 11.8 Å². The van der Waals surface area contributed by atoms with Gasteiger partial charge >= 0.3 is 0 Å². The van der Waals surface area contributed by atoms with Gasteiger partial charge in [-0.05, 0) is 32.6 Å². The van der Waals surface area contributed by atoms with E-state index < -0.39 is 0 Å². The predicted octanol–water partition coefficient (Wildman–Crippen LogP) is 1.17. The van der Waals surface area contributed by atoms with Gasteiger partial charge in [0.25, 0.3) is 0 Å². The zero-order chi connectivity index (χ0) is 14.1. The summed E-state index contributed by atoms with van der Waals surface area (Å²) >= 11 is 0. The number of hydrogen-bond donors (Lipinski definition) is 0. The largest absolute Gasteiger partial charge is 0.376 e. The highest BCUT2D eigenvalue weighted by Gasteiger charge is 2.45. The van der Waals surface area contributed by atoms with Gasteiger partial charge in [-0.1, -0.05) is 12.8 Å². The van der Waals surface area contributed by atoms with Crippen molar-refractivity contribution in [3.05, 3.63) is 0 Å². The Labute approximate surface area is 120 Å². The number of amides is 2. The first-order valence-corrected chi connectivity index (χ1v) is 7.91. The van der Waals surface area contributed by atoms with Crippen molar-refractivity contribution in [2.75, 3.05) is 19.7 Å². The molecule has 2 aliphatic heterocycles. The molecule has 0 aromatic carbocycles. The third-order valence-corrected chi connectivity index (χ3v) is 4.92. The van der Waals surface area contributed by atoms with E-state index in [9.17, 15) is 9.59 Å². The first kappa shape index (κ1) is 13.9. The Morgan fingerprint density at radius 2 is 1.85 bits per heavy atom. The number of carbonyl (C=O) groups excluding carboxylic acids is 2. The monoisotopic (exact) mass is 280 g/mol. The summed E-state index contributed by atoms with van der Waals surface area (Å²) < 4.78 is 5.83. The molecule has 0 aromatic rings. The molecule has 3 aliphatic rings. The van der Waals surface area contributed by atoms with Gasteiger partial charge in [0.05, 0.1) is 12.7 Å². The van der Waals surface area contributed by atoms with Crippen LogP contribution in [-0.2, 0) is 14.3 Å². The highest BCUT2D eigenvalue weighted by Crippen LogP contribution is 2.27. The van der Waals surface area contributed by atoms with Gasteiger partial charge in [0.1, 0.15) is 12.1 Å². The number of ether oxygens (including phenoxy) is 1. The lowest BCUT2D eigenvalue weighted by atomic mass is 10.1. The van der Waals surface area contributed by atoms with Gasteiger partial charge in [-0.15, -0.1) is 0 Å². The SMILES string of the molecule is CC1C(=O)N2CCCC2C(=O)N1CCOC1CCCC1. The molecule has 0 bridgehead atoms. The van der Waals surface area contributed by atoms with E-state index in [0.29, 0.717) is 19.3 Å². The van der Waals surface area contributed by atoms with Gasteiger partial charge in [-0.2, -0.15) is 0 Å². The Morgan fingerprint density at radius 1 is 1.10 bits per heavy atom. The molecule has 2 unspecified atom stereocenters. The van der Waals surface area contributed by atoms with Crippen LogP contribution in [0.2, 0.25) is 0 Å². The van der Waals surface area contributed by atoms with Crippen LogP contribution in [-0.4, -0.2) is 59.5 Å². The Morgan fingerprint density at radius 3 is 2.60 bits per heavy atom. The highest BCUT2D eigenvalue weighted by atomic mass is 16.5. The van der Waals surface area contributed by atoms with Crippen LogP contribution < -0.4 is 0 Å². The molecule has 3 rings (SSSR count). The Balaban J connectivity index is 1.56. The van der Waals surface area contributed by atoms with E-state index in [4.69, 9.17) is 4.74 Å². The molecule has 3 fully saturated rings. The molecule has 2 amide bonds. The smallest absolute Gasteiger partial charge is 0.246 e. The second-order valence-corrected chi connectivity index (χ2v) is 6.17. The zero-order valence-electron chi connectivity index (χ0n) is 12.2. The highest BCUT2D eigenvalue weighted by molar-refractivity contribution is 5.97. The van der Waals surface area contributed by atoms with Crippen LogP contribution in [0.3, 0.4) is 0 Å². The van der Waals surface area contributed by atoms with Gasteiger partial charge in [0.15, 0.2) is 0 Å². The lowest BCUT2D eigenvalue weighted by Crippen LogP contribution is -2.62. The maximum atomic E-state index is 12.5. The number of fused-ring (bicyclic) bond motifs is 1. The number of piperazine rings is 1. The molecule has 1 aliphatic carbocycles. The van der Waals surface area contributed by atoms with Crippen molar-refractivity contribution < 1.29 is 14.3 Å². The van der Waals surface area contributed by atoms with Crippen molar-refractivity contribution in [1.29, 1.82) is 0 Å². The molecule has 0 N–H and O–H groups in total. The Kier molecular flexibility index (Phi) is 3.96. The number of rotatable bonds is 4. The molecule has 5 nitrogen and oxygen atoms in total. The summed E-state index contributed by atoms with van der Waals surface area (Å²) in [5.41, 5.74) is 0. The molecule has 2 heterocycles. The average molecular weight is 280 g/mol. The molecular weight excluding hydrogens is 256 g/mol. The fourth-order valence-corrected chi connectivity index (χ4v) is 3.72. The van der Waals surface area contributed by atoms with Crippen molar-refractivity contribution in [3.8, 4) is 0 Å². The van der Waals surface area contributed by atoms with Gasteiger partial charge < -0.3 is 14.5 Å². The third-order valence-electron chi connectivity index (χ3n) is 4.92. The summed E-state index contributed by atoms with van der Waals surface area (Å²) in [6, 6.07) is -0.533. The van der Waals surface area contributed by atoms with Crippen LogP contribution in [0.5, 0.6) is 0 Å². The quantitative estimate of drug-likeness (QED) is 0.776. The van der Waals surface area contributed by atoms with E-state index in [0.717, 1.165) is 32.2 Å². The Hall–Kier alpha value is -1.10.